The second-order valence-corrected chi connectivity index (χ2v) is 2.72. The minimum atomic E-state index is -1.25. The van der Waals surface area contributed by atoms with E-state index in [-0.39, 0.29) is 47.1 Å². The average Bonchev–Trinajstić information content (AvgIpc) is 2.02. The third-order valence-electron chi connectivity index (χ3n) is 2.15. The number of carboxylic acid groups (broad SMARTS) is 1. The molecule has 0 saturated carbocycles. The van der Waals surface area contributed by atoms with Gasteiger partial charge in [0.05, 0.1) is 17.7 Å². The Morgan fingerprint density at radius 1 is 1.67 bits per heavy atom. The average molecular weight is 175 g/mol. The van der Waals surface area contributed by atoms with Gasteiger partial charge in [-0.2, -0.15) is 0 Å². The van der Waals surface area contributed by atoms with E-state index in [0.29, 0.717) is 6.54 Å². The Labute approximate surface area is 91.5 Å². The molecule has 0 aromatic heterocycles. The van der Waals surface area contributed by atoms with E-state index in [2.05, 4.69) is 0 Å². The fraction of sp³-hybridized carbons (Fsp3) is 0.429. The molecule has 0 amide bonds. The second-order valence-electron chi connectivity index (χ2n) is 2.72. The van der Waals surface area contributed by atoms with Crippen molar-refractivity contribution in [2.24, 2.45) is 0 Å². The molecule has 2 heterocycles. The Balaban J connectivity index is 0.000000720. The first-order valence-corrected chi connectivity index (χ1v) is 3.43. The van der Waals surface area contributed by atoms with Gasteiger partial charge < -0.3 is 14.8 Å². The zero-order valence-corrected chi connectivity index (χ0v) is 8.74. The van der Waals surface area contributed by atoms with Crippen molar-refractivity contribution in [3.63, 3.8) is 0 Å². The molecule has 0 N–H and O–H groups in total. The number of aliphatic carboxylic acids is 1. The van der Waals surface area contributed by atoms with E-state index < -0.39 is 5.97 Å². The summed E-state index contributed by atoms with van der Waals surface area (Å²) in [6, 6.07) is -0.192. The van der Waals surface area contributed by atoms with Crippen LogP contribution in [0.5, 0.6) is 0 Å². The number of hydrogen-bond donors (Lipinski definition) is 0. The maximum atomic E-state index is 10.9. The Kier molecular flexibility index (Phi) is 2.61. The molecule has 1 atom stereocenters. The van der Waals surface area contributed by atoms with Crippen LogP contribution in [0.4, 0.5) is 0 Å². The van der Waals surface area contributed by atoms with E-state index in [1.165, 1.54) is 0 Å². The van der Waals surface area contributed by atoms with Gasteiger partial charge in [-0.15, -0.1) is 0 Å². The first kappa shape index (κ1) is 9.77. The topological polar surface area (TPSA) is 60.4 Å². The Morgan fingerprint density at radius 3 is 2.58 bits per heavy atom. The van der Waals surface area contributed by atoms with E-state index in [4.69, 9.17) is 0 Å². The summed E-state index contributed by atoms with van der Waals surface area (Å²) in [6.07, 6.45) is 1.93. The molecule has 1 saturated heterocycles. The number of carboxylic acids is 1. The summed E-state index contributed by atoms with van der Waals surface area (Å²) in [4.78, 5) is 22.9. The standard InChI is InChI=1S/C7H7NO3.Na/c9-6-3-5(7(10)11)8-2-1-4(6)8;/h3-4H,1-2H2,(H,10,11);/q;+1/p-1. The van der Waals surface area contributed by atoms with Gasteiger partial charge >= 0.3 is 29.6 Å². The number of fused-ring (bicyclic) bond motifs is 1. The van der Waals surface area contributed by atoms with E-state index in [9.17, 15) is 14.7 Å². The van der Waals surface area contributed by atoms with Crippen LogP contribution in [0.2, 0.25) is 0 Å². The molecule has 0 aromatic rings. The summed E-state index contributed by atoms with van der Waals surface area (Å²) in [5, 5.41) is 10.4. The number of ketones is 1. The van der Waals surface area contributed by atoms with Crippen LogP contribution in [0.3, 0.4) is 0 Å². The van der Waals surface area contributed by atoms with Gasteiger partial charge in [-0.05, 0) is 6.42 Å². The predicted octanol–water partition coefficient (Wildman–Crippen LogP) is -4.72. The zero-order valence-electron chi connectivity index (χ0n) is 6.74. The Bertz CT molecular complexity index is 274. The second kappa shape index (κ2) is 3.20. The van der Waals surface area contributed by atoms with Gasteiger partial charge in [0, 0.05) is 12.6 Å². The summed E-state index contributed by atoms with van der Waals surface area (Å²) >= 11 is 0. The van der Waals surface area contributed by atoms with Crippen molar-refractivity contribution in [2.75, 3.05) is 6.54 Å². The van der Waals surface area contributed by atoms with Gasteiger partial charge in [-0.1, -0.05) is 0 Å². The van der Waals surface area contributed by atoms with Crippen molar-refractivity contribution >= 4 is 11.8 Å². The Morgan fingerprint density at radius 2 is 2.33 bits per heavy atom. The van der Waals surface area contributed by atoms with E-state index in [1.54, 1.807) is 4.90 Å². The molecule has 0 aliphatic carbocycles. The maximum Gasteiger partial charge on any atom is 1.00 e. The van der Waals surface area contributed by atoms with Crippen molar-refractivity contribution in [3.05, 3.63) is 11.8 Å². The quantitative estimate of drug-likeness (QED) is 0.376. The molecule has 0 spiro atoms. The van der Waals surface area contributed by atoms with Crippen LogP contribution in [0, 0.1) is 0 Å². The minimum Gasteiger partial charge on any atom is -0.543 e. The van der Waals surface area contributed by atoms with Gasteiger partial charge in [-0.25, -0.2) is 0 Å². The largest absolute Gasteiger partial charge is 1.00 e. The van der Waals surface area contributed by atoms with Crippen LogP contribution >= 0.6 is 0 Å². The molecule has 0 bridgehead atoms. The molecular weight excluding hydrogens is 169 g/mol. The van der Waals surface area contributed by atoms with Crippen molar-refractivity contribution in [1.29, 1.82) is 0 Å². The first-order valence-electron chi connectivity index (χ1n) is 3.43. The maximum absolute atomic E-state index is 10.9. The minimum absolute atomic E-state index is 0. The molecular formula is C7H6NNaO3. The molecule has 0 aromatic carbocycles. The van der Waals surface area contributed by atoms with Gasteiger partial charge in [-0.3, -0.25) is 4.79 Å². The summed E-state index contributed by atoms with van der Waals surface area (Å²) < 4.78 is 0. The first-order chi connectivity index (χ1) is 5.20. The summed E-state index contributed by atoms with van der Waals surface area (Å²) in [6.45, 7) is 0.663. The molecule has 2 aliphatic heterocycles. The van der Waals surface area contributed by atoms with Crippen LogP contribution in [0.25, 0.3) is 0 Å². The summed E-state index contributed by atoms with van der Waals surface area (Å²) in [5.74, 6) is -1.35. The summed E-state index contributed by atoms with van der Waals surface area (Å²) in [7, 11) is 0. The SMILES string of the molecule is O=C([O-])C1=CC(=O)C2CCN12.[Na+]. The van der Waals surface area contributed by atoms with Gasteiger partial charge in [0.2, 0.25) is 0 Å². The Hall–Kier alpha value is -0.320. The van der Waals surface area contributed by atoms with Crippen LogP contribution in [0.15, 0.2) is 11.8 Å². The molecule has 58 valence electrons. The molecule has 1 unspecified atom stereocenters. The third-order valence-corrected chi connectivity index (χ3v) is 2.15. The van der Waals surface area contributed by atoms with Crippen LogP contribution in [0.1, 0.15) is 6.42 Å². The van der Waals surface area contributed by atoms with Crippen molar-refractivity contribution in [2.45, 2.75) is 12.5 Å². The molecule has 5 heteroatoms. The number of nitrogens with zero attached hydrogens (tertiary/aromatic N) is 1. The molecule has 0 radical (unpaired) electrons. The molecule has 4 nitrogen and oxygen atoms in total. The normalized spacial score (nSPS) is 25.3. The van der Waals surface area contributed by atoms with Crippen LogP contribution < -0.4 is 34.7 Å². The van der Waals surface area contributed by atoms with E-state index in [0.717, 1.165) is 12.5 Å². The molecule has 2 rings (SSSR count). The summed E-state index contributed by atoms with van der Waals surface area (Å²) in [5.41, 5.74) is 0.0475. The van der Waals surface area contributed by atoms with Gasteiger partial charge in [0.1, 0.15) is 0 Å². The fourth-order valence-electron chi connectivity index (χ4n) is 1.46. The monoisotopic (exact) mass is 175 g/mol. The molecule has 2 aliphatic rings. The van der Waals surface area contributed by atoms with E-state index in [1.807, 2.05) is 0 Å². The molecule has 1 fully saturated rings. The predicted molar refractivity (Wildman–Crippen MR) is 33.2 cm³/mol. The fourth-order valence-corrected chi connectivity index (χ4v) is 1.46. The third kappa shape index (κ3) is 1.20. The van der Waals surface area contributed by atoms with Crippen molar-refractivity contribution in [3.8, 4) is 0 Å². The van der Waals surface area contributed by atoms with Gasteiger partial charge in [0.15, 0.2) is 5.78 Å². The smallest absolute Gasteiger partial charge is 0.543 e. The van der Waals surface area contributed by atoms with Crippen molar-refractivity contribution in [1.82, 2.24) is 4.90 Å². The van der Waals surface area contributed by atoms with Crippen molar-refractivity contribution < 1.29 is 44.3 Å². The van der Waals surface area contributed by atoms with Crippen LogP contribution in [-0.2, 0) is 9.59 Å². The number of carbonyl (C=O) groups excluding carboxylic acids is 2. The van der Waals surface area contributed by atoms with E-state index >= 15 is 0 Å². The number of carbonyl (C=O) groups is 2. The van der Waals surface area contributed by atoms with Gasteiger partial charge in [0.25, 0.3) is 0 Å². The number of rotatable bonds is 1. The molecule has 12 heavy (non-hydrogen) atoms. The number of hydrogen-bond acceptors (Lipinski definition) is 4. The van der Waals surface area contributed by atoms with Crippen LogP contribution in [-0.4, -0.2) is 29.2 Å². The zero-order chi connectivity index (χ0) is 8.01.